The number of carbonyl (C=O) groups excluding carboxylic acids is 1. The predicted molar refractivity (Wildman–Crippen MR) is 110 cm³/mol. The second kappa shape index (κ2) is 8.52. The van der Waals surface area contributed by atoms with Gasteiger partial charge in [-0.05, 0) is 44.0 Å². The molecular formula is C22H27N3O3. The van der Waals surface area contributed by atoms with Gasteiger partial charge in [-0.2, -0.15) is 0 Å². The zero-order valence-corrected chi connectivity index (χ0v) is 16.2. The Kier molecular flexibility index (Phi) is 5.67. The van der Waals surface area contributed by atoms with E-state index in [9.17, 15) is 4.79 Å². The van der Waals surface area contributed by atoms with E-state index in [0.717, 1.165) is 43.1 Å². The molecule has 1 atom stereocenters. The van der Waals surface area contributed by atoms with Gasteiger partial charge in [0.2, 0.25) is 5.91 Å². The van der Waals surface area contributed by atoms with Crippen molar-refractivity contribution in [2.75, 3.05) is 36.9 Å². The first-order chi connectivity index (χ1) is 13.7. The van der Waals surface area contributed by atoms with E-state index in [1.165, 1.54) is 0 Å². The van der Waals surface area contributed by atoms with Crippen LogP contribution in [0.15, 0.2) is 48.5 Å². The van der Waals surface area contributed by atoms with E-state index in [1.807, 2.05) is 43.3 Å². The third-order valence-electron chi connectivity index (χ3n) is 5.41. The normalized spacial score (nSPS) is 18.3. The number of nitrogens with zero attached hydrogens (tertiary/aromatic N) is 1. The maximum atomic E-state index is 12.7. The van der Waals surface area contributed by atoms with Crippen LogP contribution in [-0.4, -0.2) is 49.2 Å². The van der Waals surface area contributed by atoms with Crippen molar-refractivity contribution in [2.24, 2.45) is 0 Å². The molecule has 6 heteroatoms. The van der Waals surface area contributed by atoms with Crippen LogP contribution < -0.4 is 20.1 Å². The number of para-hydroxylation sites is 1. The Balaban J connectivity index is 1.29. The van der Waals surface area contributed by atoms with Gasteiger partial charge in [-0.15, -0.1) is 0 Å². The van der Waals surface area contributed by atoms with Gasteiger partial charge in [0.25, 0.3) is 0 Å². The molecule has 0 aromatic heterocycles. The summed E-state index contributed by atoms with van der Waals surface area (Å²) in [5, 5.41) is 6.59. The van der Waals surface area contributed by atoms with Gasteiger partial charge in [0.05, 0.1) is 6.04 Å². The number of ether oxygens (including phenoxy) is 2. The molecule has 148 valence electrons. The first-order valence-corrected chi connectivity index (χ1v) is 9.95. The summed E-state index contributed by atoms with van der Waals surface area (Å²) in [5.74, 6) is 1.42. The number of likely N-dealkylation sites (tertiary alicyclic amines) is 1. The van der Waals surface area contributed by atoms with E-state index in [1.54, 1.807) is 0 Å². The molecular weight excluding hydrogens is 354 g/mol. The topological polar surface area (TPSA) is 62.8 Å². The lowest BCUT2D eigenvalue weighted by molar-refractivity contribution is -0.121. The first-order valence-electron chi connectivity index (χ1n) is 9.95. The highest BCUT2D eigenvalue weighted by molar-refractivity contribution is 5.94. The fourth-order valence-electron chi connectivity index (χ4n) is 3.73. The number of amides is 1. The van der Waals surface area contributed by atoms with Gasteiger partial charge < -0.3 is 20.1 Å². The Bertz CT molecular complexity index is 804. The quantitative estimate of drug-likeness (QED) is 0.832. The van der Waals surface area contributed by atoms with Gasteiger partial charge in [0, 0.05) is 36.6 Å². The molecule has 2 N–H and O–H groups in total. The largest absolute Gasteiger partial charge is 0.486 e. The third kappa shape index (κ3) is 4.39. The molecule has 28 heavy (non-hydrogen) atoms. The third-order valence-corrected chi connectivity index (χ3v) is 5.41. The van der Waals surface area contributed by atoms with Crippen LogP contribution in [0.3, 0.4) is 0 Å². The molecule has 0 spiro atoms. The van der Waals surface area contributed by atoms with Crippen LogP contribution in [0, 0.1) is 0 Å². The number of benzene rings is 2. The molecule has 2 aliphatic heterocycles. The first kappa shape index (κ1) is 18.6. The van der Waals surface area contributed by atoms with Crippen molar-refractivity contribution in [1.82, 2.24) is 4.90 Å². The molecule has 2 aliphatic rings. The number of rotatable bonds is 5. The van der Waals surface area contributed by atoms with E-state index < -0.39 is 0 Å². The number of anilines is 2. The van der Waals surface area contributed by atoms with Crippen LogP contribution in [0.5, 0.6) is 11.5 Å². The Morgan fingerprint density at radius 1 is 1.00 bits per heavy atom. The molecule has 0 saturated carbocycles. The number of piperidine rings is 1. The fraction of sp³-hybridized carbons (Fsp3) is 0.409. The number of nitrogens with one attached hydrogen (secondary N) is 2. The molecule has 1 saturated heterocycles. The van der Waals surface area contributed by atoms with Crippen LogP contribution in [0.1, 0.15) is 19.8 Å². The van der Waals surface area contributed by atoms with Crippen LogP contribution in [0.4, 0.5) is 11.4 Å². The summed E-state index contributed by atoms with van der Waals surface area (Å²) >= 11 is 0. The van der Waals surface area contributed by atoms with Gasteiger partial charge >= 0.3 is 0 Å². The van der Waals surface area contributed by atoms with Crippen molar-refractivity contribution in [1.29, 1.82) is 0 Å². The zero-order valence-electron chi connectivity index (χ0n) is 16.2. The number of fused-ring (bicyclic) bond motifs is 1. The van der Waals surface area contributed by atoms with Crippen molar-refractivity contribution < 1.29 is 14.3 Å². The highest BCUT2D eigenvalue weighted by Gasteiger charge is 2.27. The summed E-state index contributed by atoms with van der Waals surface area (Å²) in [6.45, 7) is 4.87. The Morgan fingerprint density at radius 2 is 1.71 bits per heavy atom. The van der Waals surface area contributed by atoms with Gasteiger partial charge in [-0.25, -0.2) is 0 Å². The van der Waals surface area contributed by atoms with Gasteiger partial charge in [-0.1, -0.05) is 18.2 Å². The number of hydrogen-bond acceptors (Lipinski definition) is 5. The average Bonchev–Trinajstić information content (AvgIpc) is 2.74. The van der Waals surface area contributed by atoms with Gasteiger partial charge in [-0.3, -0.25) is 9.69 Å². The molecule has 6 nitrogen and oxygen atoms in total. The maximum absolute atomic E-state index is 12.7. The predicted octanol–water partition coefficient (Wildman–Crippen LogP) is 3.36. The van der Waals surface area contributed by atoms with E-state index in [-0.39, 0.29) is 11.9 Å². The summed E-state index contributed by atoms with van der Waals surface area (Å²) in [7, 11) is 0. The lowest BCUT2D eigenvalue weighted by atomic mass is 10.0. The number of carbonyl (C=O) groups is 1. The van der Waals surface area contributed by atoms with Gasteiger partial charge in [0.15, 0.2) is 11.5 Å². The molecule has 0 radical (unpaired) electrons. The minimum Gasteiger partial charge on any atom is -0.486 e. The molecule has 4 rings (SSSR count). The standard InChI is InChI=1S/C22H27N3O3/c1-16(22(26)24-19-7-8-20-21(15-19)28-14-13-27-20)25-11-9-18(10-12-25)23-17-5-3-2-4-6-17/h2-8,15-16,18,23H,9-14H2,1H3,(H,24,26). The van der Waals surface area contributed by atoms with Gasteiger partial charge in [0.1, 0.15) is 13.2 Å². The molecule has 2 heterocycles. The Labute approximate surface area is 165 Å². The van der Waals surface area contributed by atoms with Crippen LogP contribution in [-0.2, 0) is 4.79 Å². The minimum atomic E-state index is -0.175. The summed E-state index contributed by atoms with van der Waals surface area (Å²) in [6.07, 6.45) is 2.05. The maximum Gasteiger partial charge on any atom is 0.241 e. The molecule has 1 fully saturated rings. The Hall–Kier alpha value is -2.73. The number of hydrogen-bond donors (Lipinski definition) is 2. The van der Waals surface area contributed by atoms with Crippen LogP contribution >= 0.6 is 0 Å². The van der Waals surface area contributed by atoms with Crippen molar-refractivity contribution in [3.8, 4) is 11.5 Å². The molecule has 2 aromatic rings. The molecule has 1 unspecified atom stereocenters. The van der Waals surface area contributed by atoms with Crippen LogP contribution in [0.25, 0.3) is 0 Å². The van der Waals surface area contributed by atoms with E-state index >= 15 is 0 Å². The minimum absolute atomic E-state index is 0.00569. The average molecular weight is 381 g/mol. The molecule has 2 aromatic carbocycles. The van der Waals surface area contributed by atoms with Crippen molar-refractivity contribution in [2.45, 2.75) is 31.8 Å². The highest BCUT2D eigenvalue weighted by Crippen LogP contribution is 2.32. The van der Waals surface area contributed by atoms with E-state index in [4.69, 9.17) is 9.47 Å². The molecule has 1 amide bonds. The van der Waals surface area contributed by atoms with Crippen LogP contribution in [0.2, 0.25) is 0 Å². The fourth-order valence-corrected chi connectivity index (χ4v) is 3.73. The second-order valence-electron chi connectivity index (χ2n) is 7.34. The molecule has 0 bridgehead atoms. The second-order valence-corrected chi connectivity index (χ2v) is 7.34. The van der Waals surface area contributed by atoms with Crippen molar-refractivity contribution in [3.05, 3.63) is 48.5 Å². The summed E-state index contributed by atoms with van der Waals surface area (Å²) in [5.41, 5.74) is 1.90. The zero-order chi connectivity index (χ0) is 19.3. The van der Waals surface area contributed by atoms with E-state index in [2.05, 4.69) is 27.7 Å². The SMILES string of the molecule is CC(C(=O)Nc1ccc2c(c1)OCCO2)N1CCC(Nc2ccccc2)CC1. The highest BCUT2D eigenvalue weighted by atomic mass is 16.6. The summed E-state index contributed by atoms with van der Waals surface area (Å²) in [6, 6.07) is 16.1. The Morgan fingerprint density at radius 3 is 2.46 bits per heavy atom. The van der Waals surface area contributed by atoms with Crippen molar-refractivity contribution in [3.63, 3.8) is 0 Å². The summed E-state index contributed by atoms with van der Waals surface area (Å²) in [4.78, 5) is 15.0. The summed E-state index contributed by atoms with van der Waals surface area (Å²) < 4.78 is 11.1. The monoisotopic (exact) mass is 381 g/mol. The molecule has 0 aliphatic carbocycles. The lowest BCUT2D eigenvalue weighted by Gasteiger charge is -2.36. The van der Waals surface area contributed by atoms with Crippen molar-refractivity contribution >= 4 is 17.3 Å². The smallest absolute Gasteiger partial charge is 0.241 e. The lowest BCUT2D eigenvalue weighted by Crippen LogP contribution is -2.48. The van der Waals surface area contributed by atoms with E-state index in [0.29, 0.717) is 25.0 Å².